The standard InChI is InChI=1S/C23H29ClN4O4S/c1-17-6-3-4-11-28(17)33(30,31)21-16-18(8-9-20(21)32-2)23(29)27-14-12-26(13-15-27)22-19(24)7-5-10-25-22/h5,7-10,16-17H,3-4,6,11-15H2,1-2H3. The molecule has 2 aliphatic rings. The Bertz CT molecular complexity index is 1120. The number of halogens is 1. The summed E-state index contributed by atoms with van der Waals surface area (Å²) in [7, 11) is -2.34. The molecule has 0 aliphatic carbocycles. The van der Waals surface area contributed by atoms with Gasteiger partial charge >= 0.3 is 0 Å². The maximum atomic E-state index is 13.5. The summed E-state index contributed by atoms with van der Waals surface area (Å²) in [4.78, 5) is 21.4. The molecule has 4 rings (SSSR count). The van der Waals surface area contributed by atoms with Gasteiger partial charge in [-0.15, -0.1) is 0 Å². The number of sulfonamides is 1. The summed E-state index contributed by atoms with van der Waals surface area (Å²) in [5, 5.41) is 0.578. The van der Waals surface area contributed by atoms with Crippen LogP contribution in [0.5, 0.6) is 5.75 Å². The van der Waals surface area contributed by atoms with Crippen molar-refractivity contribution in [1.29, 1.82) is 0 Å². The van der Waals surface area contributed by atoms with Crippen LogP contribution in [0.15, 0.2) is 41.4 Å². The molecule has 0 saturated carbocycles. The third-order valence-corrected chi connectivity index (χ3v) is 8.67. The summed E-state index contributed by atoms with van der Waals surface area (Å²) in [6, 6.07) is 8.15. The van der Waals surface area contributed by atoms with E-state index in [0.717, 1.165) is 19.3 Å². The zero-order valence-electron chi connectivity index (χ0n) is 18.9. The molecule has 8 nitrogen and oxygen atoms in total. The van der Waals surface area contributed by atoms with Crippen LogP contribution in [-0.2, 0) is 10.0 Å². The lowest BCUT2D eigenvalue weighted by atomic mass is 10.1. The Morgan fingerprint density at radius 2 is 1.88 bits per heavy atom. The van der Waals surface area contributed by atoms with Crippen molar-refractivity contribution in [2.24, 2.45) is 0 Å². The highest BCUT2D eigenvalue weighted by atomic mass is 35.5. The highest BCUT2D eigenvalue weighted by Gasteiger charge is 2.34. The molecular formula is C23H29ClN4O4S. The van der Waals surface area contributed by atoms with Crippen LogP contribution < -0.4 is 9.64 Å². The van der Waals surface area contributed by atoms with Crippen LogP contribution in [0.2, 0.25) is 5.02 Å². The van der Waals surface area contributed by atoms with Crippen LogP contribution >= 0.6 is 11.6 Å². The lowest BCUT2D eigenvalue weighted by Crippen LogP contribution is -2.49. The molecule has 2 aromatic rings. The van der Waals surface area contributed by atoms with E-state index in [1.54, 1.807) is 35.4 Å². The third-order valence-electron chi connectivity index (χ3n) is 6.34. The number of benzene rings is 1. The predicted octanol–water partition coefficient (Wildman–Crippen LogP) is 3.27. The Balaban J connectivity index is 1.54. The number of piperidine rings is 1. The normalized spacial score (nSPS) is 20.0. The van der Waals surface area contributed by atoms with Gasteiger partial charge in [0.15, 0.2) is 0 Å². The maximum Gasteiger partial charge on any atom is 0.254 e. The zero-order chi connectivity index (χ0) is 23.6. The molecule has 178 valence electrons. The fourth-order valence-electron chi connectivity index (χ4n) is 4.48. The average Bonchev–Trinajstić information content (AvgIpc) is 2.84. The molecule has 33 heavy (non-hydrogen) atoms. The fourth-order valence-corrected chi connectivity index (χ4v) is 6.60. The quantitative estimate of drug-likeness (QED) is 0.637. The lowest BCUT2D eigenvalue weighted by Gasteiger charge is -2.36. The number of rotatable bonds is 5. The van der Waals surface area contributed by atoms with Crippen LogP contribution in [0.25, 0.3) is 0 Å². The van der Waals surface area contributed by atoms with E-state index in [0.29, 0.717) is 49.1 Å². The summed E-state index contributed by atoms with van der Waals surface area (Å²) in [5.41, 5.74) is 0.336. The zero-order valence-corrected chi connectivity index (χ0v) is 20.5. The molecule has 0 bridgehead atoms. The summed E-state index contributed by atoms with van der Waals surface area (Å²) >= 11 is 6.26. The van der Waals surface area contributed by atoms with Gasteiger partial charge in [-0.1, -0.05) is 18.0 Å². The van der Waals surface area contributed by atoms with Crippen molar-refractivity contribution in [2.45, 2.75) is 37.1 Å². The van der Waals surface area contributed by atoms with Gasteiger partial charge in [-0.3, -0.25) is 4.79 Å². The van der Waals surface area contributed by atoms with Gasteiger partial charge in [-0.05, 0) is 50.1 Å². The van der Waals surface area contributed by atoms with Crippen LogP contribution in [0.3, 0.4) is 0 Å². The Labute approximate surface area is 200 Å². The van der Waals surface area contributed by atoms with Gasteiger partial charge in [0.25, 0.3) is 5.91 Å². The second-order valence-electron chi connectivity index (χ2n) is 8.41. The Morgan fingerprint density at radius 1 is 1.12 bits per heavy atom. The van der Waals surface area contributed by atoms with Crippen molar-refractivity contribution in [3.8, 4) is 5.75 Å². The van der Waals surface area contributed by atoms with E-state index in [4.69, 9.17) is 16.3 Å². The molecule has 1 unspecified atom stereocenters. The number of methoxy groups -OCH3 is 1. The maximum absolute atomic E-state index is 13.5. The van der Waals surface area contributed by atoms with Crippen molar-refractivity contribution in [3.63, 3.8) is 0 Å². The Hall–Kier alpha value is -2.36. The van der Waals surface area contributed by atoms with Crippen molar-refractivity contribution in [2.75, 3.05) is 44.7 Å². The Morgan fingerprint density at radius 3 is 2.55 bits per heavy atom. The molecule has 1 aromatic heterocycles. The molecule has 10 heteroatoms. The Kier molecular flexibility index (Phi) is 7.11. The number of carbonyl (C=O) groups excluding carboxylic acids is 1. The minimum Gasteiger partial charge on any atom is -0.495 e. The van der Waals surface area contributed by atoms with Gasteiger partial charge in [-0.25, -0.2) is 13.4 Å². The van der Waals surface area contributed by atoms with E-state index >= 15 is 0 Å². The van der Waals surface area contributed by atoms with E-state index in [1.807, 2.05) is 11.8 Å². The lowest BCUT2D eigenvalue weighted by molar-refractivity contribution is 0.0746. The summed E-state index contributed by atoms with van der Waals surface area (Å²) in [6.07, 6.45) is 4.36. The number of hydrogen-bond acceptors (Lipinski definition) is 6. The van der Waals surface area contributed by atoms with E-state index in [-0.39, 0.29) is 22.6 Å². The van der Waals surface area contributed by atoms with Crippen molar-refractivity contribution < 1.29 is 17.9 Å². The average molecular weight is 493 g/mol. The molecule has 2 aliphatic heterocycles. The highest BCUT2D eigenvalue weighted by molar-refractivity contribution is 7.89. The first-order valence-corrected chi connectivity index (χ1v) is 13.0. The van der Waals surface area contributed by atoms with Gasteiger partial charge in [0.1, 0.15) is 16.5 Å². The van der Waals surface area contributed by atoms with Crippen LogP contribution in [0, 0.1) is 0 Å². The van der Waals surface area contributed by atoms with E-state index in [1.165, 1.54) is 17.5 Å². The minimum absolute atomic E-state index is 0.0449. The second-order valence-corrected chi connectivity index (χ2v) is 10.7. The summed E-state index contributed by atoms with van der Waals surface area (Å²) in [5.74, 6) is 0.756. The van der Waals surface area contributed by atoms with Gasteiger partial charge in [0.2, 0.25) is 10.0 Å². The molecule has 0 radical (unpaired) electrons. The van der Waals surface area contributed by atoms with Crippen molar-refractivity contribution in [3.05, 3.63) is 47.1 Å². The number of amides is 1. The first-order chi connectivity index (χ1) is 15.8. The molecule has 3 heterocycles. The van der Waals surface area contributed by atoms with E-state index < -0.39 is 10.0 Å². The molecular weight excluding hydrogens is 464 g/mol. The van der Waals surface area contributed by atoms with Crippen LogP contribution in [0.4, 0.5) is 5.82 Å². The van der Waals surface area contributed by atoms with Gasteiger partial charge in [-0.2, -0.15) is 4.31 Å². The fraction of sp³-hybridized carbons (Fsp3) is 0.478. The van der Waals surface area contributed by atoms with Gasteiger partial charge < -0.3 is 14.5 Å². The SMILES string of the molecule is COc1ccc(C(=O)N2CCN(c3ncccc3Cl)CC2)cc1S(=O)(=O)N1CCCCC1C. The number of anilines is 1. The second kappa shape index (κ2) is 9.87. The van der Waals surface area contributed by atoms with Crippen LogP contribution in [0.1, 0.15) is 36.5 Å². The first kappa shape index (κ1) is 23.8. The van der Waals surface area contributed by atoms with Crippen LogP contribution in [-0.4, -0.2) is 74.4 Å². The molecule has 1 aromatic carbocycles. The number of nitrogens with zero attached hydrogens (tertiary/aromatic N) is 4. The molecule has 2 fully saturated rings. The summed E-state index contributed by atoms with van der Waals surface area (Å²) in [6.45, 7) is 4.56. The summed E-state index contributed by atoms with van der Waals surface area (Å²) < 4.78 is 33.8. The molecule has 1 atom stereocenters. The highest BCUT2D eigenvalue weighted by Crippen LogP contribution is 2.32. The predicted molar refractivity (Wildman–Crippen MR) is 128 cm³/mol. The largest absolute Gasteiger partial charge is 0.495 e. The number of aromatic nitrogens is 1. The number of hydrogen-bond donors (Lipinski definition) is 0. The monoisotopic (exact) mass is 492 g/mol. The van der Waals surface area contributed by atoms with E-state index in [9.17, 15) is 13.2 Å². The minimum atomic E-state index is -3.78. The number of pyridine rings is 1. The smallest absolute Gasteiger partial charge is 0.254 e. The van der Waals surface area contributed by atoms with Gasteiger partial charge in [0.05, 0.1) is 12.1 Å². The molecule has 1 amide bonds. The molecule has 2 saturated heterocycles. The van der Waals surface area contributed by atoms with Crippen molar-refractivity contribution >= 4 is 33.3 Å². The van der Waals surface area contributed by atoms with Gasteiger partial charge in [0, 0.05) is 50.5 Å². The first-order valence-electron chi connectivity index (χ1n) is 11.2. The topological polar surface area (TPSA) is 83.0 Å². The number of piperazine rings is 1. The van der Waals surface area contributed by atoms with E-state index in [2.05, 4.69) is 4.98 Å². The molecule has 0 N–H and O–H groups in total. The van der Waals surface area contributed by atoms with Crippen molar-refractivity contribution in [1.82, 2.24) is 14.2 Å². The molecule has 0 spiro atoms. The number of carbonyl (C=O) groups is 1. The number of ether oxygens (including phenoxy) is 1. The third kappa shape index (κ3) is 4.81.